The van der Waals surface area contributed by atoms with Crippen LogP contribution < -0.4 is 0 Å². The third-order valence-corrected chi connectivity index (χ3v) is 3.69. The highest BCUT2D eigenvalue weighted by atomic mass is 19.4. The second kappa shape index (κ2) is 6.09. The topological polar surface area (TPSA) is 42.7 Å². The van der Waals surface area contributed by atoms with Gasteiger partial charge in [-0.25, -0.2) is 4.79 Å². The van der Waals surface area contributed by atoms with Gasteiger partial charge in [-0.05, 0) is 32.4 Å². The van der Waals surface area contributed by atoms with Crippen LogP contribution >= 0.6 is 0 Å². The van der Waals surface area contributed by atoms with Crippen molar-refractivity contribution in [2.75, 3.05) is 20.2 Å². The van der Waals surface area contributed by atoms with E-state index in [0.29, 0.717) is 24.3 Å². The average molecular weight is 305 g/mol. The third kappa shape index (κ3) is 3.78. The molecule has 4 nitrogen and oxygen atoms in total. The SMILES string of the molecule is COC(=O)c1oc(CN2CCC[C@@H](C(F)(F)F)C2)cc1C. The minimum atomic E-state index is -4.16. The van der Waals surface area contributed by atoms with Gasteiger partial charge in [0.05, 0.1) is 19.6 Å². The Kier molecular flexibility index (Phi) is 4.61. The molecule has 0 radical (unpaired) electrons. The summed E-state index contributed by atoms with van der Waals surface area (Å²) in [5.74, 6) is -1.28. The number of nitrogens with zero attached hydrogens (tertiary/aromatic N) is 1. The summed E-state index contributed by atoms with van der Waals surface area (Å²) in [4.78, 5) is 13.2. The fourth-order valence-corrected chi connectivity index (χ4v) is 2.61. The van der Waals surface area contributed by atoms with Gasteiger partial charge in [0.15, 0.2) is 0 Å². The number of rotatable bonds is 3. The molecule has 21 heavy (non-hydrogen) atoms. The maximum Gasteiger partial charge on any atom is 0.393 e. The Bertz CT molecular complexity index is 510. The Labute approximate surface area is 120 Å². The number of piperidine rings is 1. The molecule has 2 heterocycles. The van der Waals surface area contributed by atoms with Gasteiger partial charge in [0, 0.05) is 12.1 Å². The molecule has 0 bridgehead atoms. The van der Waals surface area contributed by atoms with Gasteiger partial charge in [-0.2, -0.15) is 13.2 Å². The number of esters is 1. The molecule has 2 rings (SSSR count). The van der Waals surface area contributed by atoms with Gasteiger partial charge in [-0.3, -0.25) is 4.90 Å². The van der Waals surface area contributed by atoms with Crippen LogP contribution in [-0.2, 0) is 11.3 Å². The van der Waals surface area contributed by atoms with Crippen LogP contribution in [0.25, 0.3) is 0 Å². The fourth-order valence-electron chi connectivity index (χ4n) is 2.61. The lowest BCUT2D eigenvalue weighted by Crippen LogP contribution is -2.41. The molecule has 0 N–H and O–H groups in total. The van der Waals surface area contributed by atoms with Gasteiger partial charge in [0.1, 0.15) is 5.76 Å². The first-order chi connectivity index (χ1) is 9.81. The number of carbonyl (C=O) groups is 1. The van der Waals surface area contributed by atoms with E-state index in [1.807, 2.05) is 0 Å². The number of alkyl halides is 3. The number of hydrogen-bond acceptors (Lipinski definition) is 4. The molecule has 118 valence electrons. The van der Waals surface area contributed by atoms with Crippen molar-refractivity contribution in [2.24, 2.45) is 5.92 Å². The highest BCUT2D eigenvalue weighted by Crippen LogP contribution is 2.33. The van der Waals surface area contributed by atoms with E-state index in [-0.39, 0.29) is 25.3 Å². The van der Waals surface area contributed by atoms with Crippen LogP contribution in [-0.4, -0.2) is 37.2 Å². The number of halogens is 3. The van der Waals surface area contributed by atoms with Crippen molar-refractivity contribution in [3.63, 3.8) is 0 Å². The van der Waals surface area contributed by atoms with E-state index in [2.05, 4.69) is 4.74 Å². The zero-order chi connectivity index (χ0) is 15.6. The normalized spacial score (nSPS) is 20.5. The van der Waals surface area contributed by atoms with Crippen molar-refractivity contribution < 1.29 is 27.1 Å². The Morgan fingerprint density at radius 1 is 1.52 bits per heavy atom. The van der Waals surface area contributed by atoms with Crippen molar-refractivity contribution in [3.8, 4) is 0 Å². The highest BCUT2D eigenvalue weighted by Gasteiger charge is 2.41. The highest BCUT2D eigenvalue weighted by molar-refractivity contribution is 5.87. The molecule has 1 aromatic heterocycles. The number of carbonyl (C=O) groups excluding carboxylic acids is 1. The molecule has 1 saturated heterocycles. The van der Waals surface area contributed by atoms with Gasteiger partial charge >= 0.3 is 12.1 Å². The molecule has 0 aliphatic carbocycles. The molecule has 0 spiro atoms. The minimum Gasteiger partial charge on any atom is -0.463 e. The van der Waals surface area contributed by atoms with Crippen LogP contribution in [0, 0.1) is 12.8 Å². The van der Waals surface area contributed by atoms with E-state index in [0.717, 1.165) is 0 Å². The van der Waals surface area contributed by atoms with Crippen LogP contribution in [0.5, 0.6) is 0 Å². The predicted octanol–water partition coefficient (Wildman–Crippen LogP) is 3.15. The van der Waals surface area contributed by atoms with Crippen molar-refractivity contribution >= 4 is 5.97 Å². The first-order valence-electron chi connectivity index (χ1n) is 6.78. The van der Waals surface area contributed by atoms with E-state index < -0.39 is 18.1 Å². The monoisotopic (exact) mass is 305 g/mol. The molecule has 1 aliphatic rings. The first-order valence-corrected chi connectivity index (χ1v) is 6.78. The van der Waals surface area contributed by atoms with Crippen molar-refractivity contribution in [1.29, 1.82) is 0 Å². The number of methoxy groups -OCH3 is 1. The molecule has 1 aromatic rings. The Morgan fingerprint density at radius 2 is 2.24 bits per heavy atom. The number of ether oxygens (including phenoxy) is 1. The summed E-state index contributed by atoms with van der Waals surface area (Å²) >= 11 is 0. The third-order valence-electron chi connectivity index (χ3n) is 3.69. The lowest BCUT2D eigenvalue weighted by molar-refractivity contribution is -0.187. The molecular formula is C14H18F3NO3. The largest absolute Gasteiger partial charge is 0.463 e. The Morgan fingerprint density at radius 3 is 2.86 bits per heavy atom. The lowest BCUT2D eigenvalue weighted by atomic mass is 9.97. The summed E-state index contributed by atoms with van der Waals surface area (Å²) in [5.41, 5.74) is 0.626. The molecule has 0 aromatic carbocycles. The van der Waals surface area contributed by atoms with Crippen LogP contribution in [0.1, 0.15) is 34.7 Å². The zero-order valence-corrected chi connectivity index (χ0v) is 12.0. The number of furan rings is 1. The van der Waals surface area contributed by atoms with Crippen LogP contribution in [0.15, 0.2) is 10.5 Å². The molecule has 1 fully saturated rings. The quantitative estimate of drug-likeness (QED) is 0.805. The second-order valence-electron chi connectivity index (χ2n) is 5.33. The summed E-state index contributed by atoms with van der Waals surface area (Å²) in [7, 11) is 1.25. The van der Waals surface area contributed by atoms with E-state index in [9.17, 15) is 18.0 Å². The maximum absolute atomic E-state index is 12.8. The number of hydrogen-bond donors (Lipinski definition) is 0. The van der Waals surface area contributed by atoms with Crippen LogP contribution in [0.3, 0.4) is 0 Å². The molecule has 7 heteroatoms. The number of likely N-dealkylation sites (tertiary alicyclic amines) is 1. The number of aryl methyl sites for hydroxylation is 1. The van der Waals surface area contributed by atoms with E-state index in [1.54, 1.807) is 17.9 Å². The van der Waals surface area contributed by atoms with E-state index >= 15 is 0 Å². The summed E-state index contributed by atoms with van der Waals surface area (Å²) in [6.07, 6.45) is -3.48. The van der Waals surface area contributed by atoms with E-state index in [1.165, 1.54) is 7.11 Å². The molecule has 1 aliphatic heterocycles. The summed E-state index contributed by atoms with van der Waals surface area (Å²) in [5, 5.41) is 0. The zero-order valence-electron chi connectivity index (χ0n) is 12.0. The minimum absolute atomic E-state index is 0.0309. The predicted molar refractivity (Wildman–Crippen MR) is 68.8 cm³/mol. The molecule has 0 saturated carbocycles. The molecule has 0 unspecified atom stereocenters. The molecule has 0 amide bonds. The molecular weight excluding hydrogens is 287 g/mol. The summed E-state index contributed by atoms with van der Waals surface area (Å²) in [6.45, 7) is 2.54. The van der Waals surface area contributed by atoms with Gasteiger partial charge < -0.3 is 9.15 Å². The van der Waals surface area contributed by atoms with Crippen LogP contribution in [0.4, 0.5) is 13.2 Å². The Hall–Kier alpha value is -1.50. The first kappa shape index (κ1) is 15.9. The summed E-state index contributed by atoms with van der Waals surface area (Å²) in [6, 6.07) is 1.67. The molecule has 1 atom stereocenters. The second-order valence-corrected chi connectivity index (χ2v) is 5.33. The van der Waals surface area contributed by atoms with E-state index in [4.69, 9.17) is 4.42 Å². The Balaban J connectivity index is 2.03. The standard InChI is InChI=1S/C14H18F3NO3/c1-9-6-11(21-12(9)13(19)20-2)8-18-5-3-4-10(7-18)14(15,16)17/h6,10H,3-5,7-8H2,1-2H3/t10-/m1/s1. The van der Waals surface area contributed by atoms with Gasteiger partial charge in [0.25, 0.3) is 0 Å². The summed E-state index contributed by atoms with van der Waals surface area (Å²) < 4.78 is 48.3. The van der Waals surface area contributed by atoms with Gasteiger partial charge in [0.2, 0.25) is 5.76 Å². The van der Waals surface area contributed by atoms with Gasteiger partial charge in [-0.15, -0.1) is 0 Å². The maximum atomic E-state index is 12.8. The smallest absolute Gasteiger partial charge is 0.393 e. The lowest BCUT2D eigenvalue weighted by Gasteiger charge is -2.33. The fraction of sp³-hybridized carbons (Fsp3) is 0.643. The van der Waals surface area contributed by atoms with Crippen molar-refractivity contribution in [3.05, 3.63) is 23.2 Å². The van der Waals surface area contributed by atoms with Gasteiger partial charge in [-0.1, -0.05) is 0 Å². The average Bonchev–Trinajstić information content (AvgIpc) is 2.78. The van der Waals surface area contributed by atoms with Crippen molar-refractivity contribution in [1.82, 2.24) is 4.90 Å². The van der Waals surface area contributed by atoms with Crippen LogP contribution in [0.2, 0.25) is 0 Å². The van der Waals surface area contributed by atoms with Crippen molar-refractivity contribution in [2.45, 2.75) is 32.5 Å².